The molecule has 4 rings (SSSR count). The summed E-state index contributed by atoms with van der Waals surface area (Å²) in [4.78, 5) is 39.8. The molecule has 2 heterocycles. The predicted octanol–water partition coefficient (Wildman–Crippen LogP) is 1.67. The third-order valence-electron chi connectivity index (χ3n) is 5.81. The van der Waals surface area contributed by atoms with E-state index in [0.29, 0.717) is 10.8 Å². The quantitative estimate of drug-likeness (QED) is 0.474. The van der Waals surface area contributed by atoms with Gasteiger partial charge in [0.1, 0.15) is 0 Å². The summed E-state index contributed by atoms with van der Waals surface area (Å²) in [6.45, 7) is 3.69. The van der Waals surface area contributed by atoms with E-state index in [0.717, 1.165) is 0 Å². The van der Waals surface area contributed by atoms with Gasteiger partial charge in [0.2, 0.25) is 10.0 Å². The summed E-state index contributed by atoms with van der Waals surface area (Å²) < 4.78 is 33.3. The normalized spacial score (nSPS) is 14.9. The van der Waals surface area contributed by atoms with Crippen LogP contribution in [-0.4, -0.2) is 72.1 Å². The maximum atomic E-state index is 12.8. The molecule has 1 aromatic heterocycles. The predicted molar refractivity (Wildman–Crippen MR) is 128 cm³/mol. The molecule has 1 fully saturated rings. The second-order valence-corrected chi connectivity index (χ2v) is 10.3. The van der Waals surface area contributed by atoms with Crippen LogP contribution in [0.5, 0.6) is 0 Å². The van der Waals surface area contributed by atoms with Crippen LogP contribution in [0.2, 0.25) is 0 Å². The highest BCUT2D eigenvalue weighted by Crippen LogP contribution is 2.18. The number of nitrogens with zero attached hydrogens (tertiary/aromatic N) is 4. The van der Waals surface area contributed by atoms with Crippen molar-refractivity contribution in [3.63, 3.8) is 0 Å². The molecule has 0 unspecified atom stereocenters. The first-order chi connectivity index (χ1) is 16.7. The molecule has 184 valence electrons. The van der Waals surface area contributed by atoms with Crippen molar-refractivity contribution >= 4 is 32.7 Å². The second-order valence-electron chi connectivity index (χ2n) is 8.41. The van der Waals surface area contributed by atoms with Gasteiger partial charge in [-0.05, 0) is 32.0 Å². The van der Waals surface area contributed by atoms with E-state index in [2.05, 4.69) is 5.10 Å². The first-order valence-corrected chi connectivity index (χ1v) is 12.7. The maximum Gasteiger partial charge on any atom is 0.359 e. The van der Waals surface area contributed by atoms with Crippen molar-refractivity contribution in [1.82, 2.24) is 19.0 Å². The highest BCUT2D eigenvalue weighted by atomic mass is 32.2. The number of benzene rings is 2. The Kier molecular flexibility index (Phi) is 6.99. The Balaban J connectivity index is 1.41. The van der Waals surface area contributed by atoms with Crippen LogP contribution in [0, 0.1) is 0 Å². The average molecular weight is 499 g/mol. The first kappa shape index (κ1) is 24.6. The molecule has 1 saturated heterocycles. The standard InChI is InChI=1S/C24H26N4O6S/c1-17(2)28-23(30)20-11-7-6-10-19(20)22(25-28)24(31)34-16-21(29)26-12-14-27(15-13-26)35(32,33)18-8-4-3-5-9-18/h3-11,17H,12-16H2,1-2H3. The summed E-state index contributed by atoms with van der Waals surface area (Å²) in [6.07, 6.45) is 0. The van der Waals surface area contributed by atoms with Crippen molar-refractivity contribution in [2.75, 3.05) is 32.8 Å². The number of hydrogen-bond donors (Lipinski definition) is 0. The molecule has 1 aliphatic rings. The molecule has 0 N–H and O–H groups in total. The molecular weight excluding hydrogens is 472 g/mol. The SMILES string of the molecule is CC(C)n1nc(C(=O)OCC(=O)N2CCN(S(=O)(=O)c3ccccc3)CC2)c2ccccc2c1=O. The number of carbonyl (C=O) groups excluding carboxylic acids is 2. The summed E-state index contributed by atoms with van der Waals surface area (Å²) in [7, 11) is -3.63. The van der Waals surface area contributed by atoms with Crippen molar-refractivity contribution in [3.8, 4) is 0 Å². The van der Waals surface area contributed by atoms with E-state index in [1.807, 2.05) is 0 Å². The Bertz CT molecular complexity index is 1410. The fraction of sp³-hybridized carbons (Fsp3) is 0.333. The van der Waals surface area contributed by atoms with Gasteiger partial charge in [0.05, 0.1) is 16.3 Å². The van der Waals surface area contributed by atoms with Crippen LogP contribution in [0.25, 0.3) is 10.8 Å². The third-order valence-corrected chi connectivity index (χ3v) is 7.72. The zero-order valence-electron chi connectivity index (χ0n) is 19.5. The van der Waals surface area contributed by atoms with Crippen molar-refractivity contribution in [3.05, 3.63) is 70.6 Å². The molecule has 0 atom stereocenters. The van der Waals surface area contributed by atoms with E-state index in [9.17, 15) is 22.8 Å². The smallest absolute Gasteiger partial charge is 0.359 e. The van der Waals surface area contributed by atoms with Gasteiger partial charge in [-0.2, -0.15) is 9.40 Å². The Morgan fingerprint density at radius 1 is 0.943 bits per heavy atom. The molecule has 3 aromatic rings. The van der Waals surface area contributed by atoms with E-state index >= 15 is 0 Å². The highest BCUT2D eigenvalue weighted by molar-refractivity contribution is 7.89. The first-order valence-electron chi connectivity index (χ1n) is 11.2. The van der Waals surface area contributed by atoms with Crippen LogP contribution in [0.1, 0.15) is 30.4 Å². The number of sulfonamides is 1. The van der Waals surface area contributed by atoms with E-state index in [4.69, 9.17) is 4.74 Å². The maximum absolute atomic E-state index is 12.8. The fourth-order valence-corrected chi connectivity index (χ4v) is 5.36. The molecule has 1 amide bonds. The van der Waals surface area contributed by atoms with Gasteiger partial charge < -0.3 is 9.64 Å². The summed E-state index contributed by atoms with van der Waals surface area (Å²) >= 11 is 0. The lowest BCUT2D eigenvalue weighted by atomic mass is 10.1. The number of piperazine rings is 1. The Morgan fingerprint density at radius 3 is 2.17 bits per heavy atom. The number of amides is 1. The number of aromatic nitrogens is 2. The number of rotatable bonds is 6. The Hall–Kier alpha value is -3.57. The molecule has 1 aliphatic heterocycles. The molecule has 11 heteroatoms. The van der Waals surface area contributed by atoms with Crippen LogP contribution in [0.3, 0.4) is 0 Å². The van der Waals surface area contributed by atoms with Crippen molar-refractivity contribution in [1.29, 1.82) is 0 Å². The third kappa shape index (κ3) is 4.96. The minimum absolute atomic E-state index is 0.0412. The largest absolute Gasteiger partial charge is 0.451 e. The minimum Gasteiger partial charge on any atom is -0.451 e. The van der Waals surface area contributed by atoms with Crippen molar-refractivity contribution < 1.29 is 22.7 Å². The highest BCUT2D eigenvalue weighted by Gasteiger charge is 2.30. The molecule has 0 aliphatic carbocycles. The fourth-order valence-electron chi connectivity index (χ4n) is 3.91. The van der Waals surface area contributed by atoms with Crippen LogP contribution in [0.15, 0.2) is 64.3 Å². The van der Waals surface area contributed by atoms with E-state index in [1.54, 1.807) is 56.3 Å². The topological polar surface area (TPSA) is 119 Å². The van der Waals surface area contributed by atoms with Gasteiger partial charge >= 0.3 is 5.97 Å². The molecular formula is C24H26N4O6S. The molecule has 0 bridgehead atoms. The van der Waals surface area contributed by atoms with Crippen LogP contribution in [0.4, 0.5) is 0 Å². The summed E-state index contributed by atoms with van der Waals surface area (Å²) in [5.74, 6) is -1.24. The minimum atomic E-state index is -3.63. The number of hydrogen-bond acceptors (Lipinski definition) is 7. The van der Waals surface area contributed by atoms with Gasteiger partial charge in [0.15, 0.2) is 12.3 Å². The van der Waals surface area contributed by atoms with E-state index < -0.39 is 28.5 Å². The number of esters is 1. The van der Waals surface area contributed by atoms with Crippen molar-refractivity contribution in [2.45, 2.75) is 24.8 Å². The Labute approximate surface area is 202 Å². The van der Waals surface area contributed by atoms with Gasteiger partial charge in [0, 0.05) is 31.6 Å². The number of fused-ring (bicyclic) bond motifs is 1. The van der Waals surface area contributed by atoms with Crippen LogP contribution >= 0.6 is 0 Å². The Morgan fingerprint density at radius 2 is 1.54 bits per heavy atom. The van der Waals surface area contributed by atoms with Gasteiger partial charge in [-0.15, -0.1) is 0 Å². The summed E-state index contributed by atoms with van der Waals surface area (Å²) in [6, 6.07) is 14.5. The molecule has 0 radical (unpaired) electrons. The lowest BCUT2D eigenvalue weighted by molar-refractivity contribution is -0.135. The zero-order chi connectivity index (χ0) is 25.2. The van der Waals surface area contributed by atoms with Gasteiger partial charge in [-0.25, -0.2) is 17.9 Å². The van der Waals surface area contributed by atoms with E-state index in [-0.39, 0.29) is 48.4 Å². The molecule has 0 saturated carbocycles. The molecule has 10 nitrogen and oxygen atoms in total. The van der Waals surface area contributed by atoms with Crippen LogP contribution in [-0.2, 0) is 19.6 Å². The van der Waals surface area contributed by atoms with Crippen LogP contribution < -0.4 is 5.56 Å². The monoisotopic (exact) mass is 498 g/mol. The van der Waals surface area contributed by atoms with Gasteiger partial charge in [-0.1, -0.05) is 36.4 Å². The lowest BCUT2D eigenvalue weighted by Crippen LogP contribution is -2.51. The molecule has 2 aromatic carbocycles. The zero-order valence-corrected chi connectivity index (χ0v) is 20.3. The summed E-state index contributed by atoms with van der Waals surface area (Å²) in [5.41, 5.74) is -0.355. The molecule has 35 heavy (non-hydrogen) atoms. The average Bonchev–Trinajstić information content (AvgIpc) is 2.88. The van der Waals surface area contributed by atoms with Gasteiger partial charge in [-0.3, -0.25) is 9.59 Å². The number of ether oxygens (including phenoxy) is 1. The second kappa shape index (κ2) is 9.96. The number of carbonyl (C=O) groups is 2. The molecule has 0 spiro atoms. The van der Waals surface area contributed by atoms with Gasteiger partial charge in [0.25, 0.3) is 11.5 Å². The van der Waals surface area contributed by atoms with Crippen molar-refractivity contribution in [2.24, 2.45) is 0 Å². The summed E-state index contributed by atoms with van der Waals surface area (Å²) in [5, 5.41) is 4.88. The lowest BCUT2D eigenvalue weighted by Gasteiger charge is -2.33. The van der Waals surface area contributed by atoms with E-state index in [1.165, 1.54) is 26.0 Å².